The number of hydrogen-bond acceptors (Lipinski definition) is 3. The van der Waals surface area contributed by atoms with Gasteiger partial charge in [-0.1, -0.05) is 33.3 Å². The minimum Gasteiger partial charge on any atom is -0.296 e. The van der Waals surface area contributed by atoms with Gasteiger partial charge in [-0.05, 0) is 24.6 Å². The Labute approximate surface area is 101 Å². The average Bonchev–Trinajstić information content (AvgIpc) is 2.63. The van der Waals surface area contributed by atoms with E-state index in [0.29, 0.717) is 12.2 Å². The molecule has 1 heterocycles. The van der Waals surface area contributed by atoms with Crippen molar-refractivity contribution in [1.29, 1.82) is 0 Å². The van der Waals surface area contributed by atoms with Crippen molar-refractivity contribution in [1.82, 2.24) is 15.0 Å². The van der Waals surface area contributed by atoms with Gasteiger partial charge in [0.25, 0.3) is 0 Å². The summed E-state index contributed by atoms with van der Waals surface area (Å²) < 4.78 is 2.76. The fourth-order valence-electron chi connectivity index (χ4n) is 1.40. The van der Waals surface area contributed by atoms with Crippen LogP contribution < -0.4 is 0 Å². The van der Waals surface area contributed by atoms with Crippen molar-refractivity contribution in [2.24, 2.45) is 0 Å². The highest BCUT2D eigenvalue weighted by atomic mass is 79.9. The second kappa shape index (κ2) is 4.57. The molecule has 0 aliphatic rings. The summed E-state index contributed by atoms with van der Waals surface area (Å²) >= 11 is 3.38. The summed E-state index contributed by atoms with van der Waals surface area (Å²) in [6.07, 6.45) is 0.723. The van der Waals surface area contributed by atoms with Gasteiger partial charge >= 0.3 is 0 Å². The highest BCUT2D eigenvalue weighted by Gasteiger charge is 2.07. The highest BCUT2D eigenvalue weighted by Crippen LogP contribution is 2.12. The molecule has 0 saturated carbocycles. The molecule has 1 aromatic carbocycles. The van der Waals surface area contributed by atoms with E-state index < -0.39 is 0 Å². The van der Waals surface area contributed by atoms with Gasteiger partial charge in [0.05, 0.1) is 12.2 Å². The van der Waals surface area contributed by atoms with E-state index in [4.69, 9.17) is 0 Å². The molecule has 4 nitrogen and oxygen atoms in total. The number of nitrogens with zero attached hydrogens (tertiary/aromatic N) is 3. The summed E-state index contributed by atoms with van der Waals surface area (Å²) in [6, 6.07) is 7.96. The lowest BCUT2D eigenvalue weighted by atomic mass is 10.2. The number of benzene rings is 1. The number of carbonyl (C=O) groups is 1. The van der Waals surface area contributed by atoms with Crippen LogP contribution in [0, 0.1) is 6.92 Å². The fourth-order valence-corrected chi connectivity index (χ4v) is 1.66. The Morgan fingerprint density at radius 3 is 2.62 bits per heavy atom. The van der Waals surface area contributed by atoms with Crippen LogP contribution in [0.1, 0.15) is 21.7 Å². The Bertz CT molecular complexity index is 504. The predicted molar refractivity (Wildman–Crippen MR) is 63.4 cm³/mol. The number of hydrogen-bond donors (Lipinski definition) is 0. The quantitative estimate of drug-likeness (QED) is 0.810. The van der Waals surface area contributed by atoms with Gasteiger partial charge in [-0.3, -0.25) is 4.79 Å². The number of aromatic nitrogens is 3. The normalized spacial score (nSPS) is 10.4. The lowest BCUT2D eigenvalue weighted by Crippen LogP contribution is -2.04. The first-order chi connectivity index (χ1) is 7.70. The van der Waals surface area contributed by atoms with Gasteiger partial charge < -0.3 is 0 Å². The SMILES string of the molecule is Cc1c(C=O)nnn1Cc1ccc(Br)cc1. The van der Waals surface area contributed by atoms with Crippen LogP contribution in [0.25, 0.3) is 0 Å². The van der Waals surface area contributed by atoms with E-state index in [9.17, 15) is 4.79 Å². The largest absolute Gasteiger partial charge is 0.296 e. The fraction of sp³-hybridized carbons (Fsp3) is 0.182. The first-order valence-corrected chi connectivity index (χ1v) is 5.59. The number of aldehydes is 1. The lowest BCUT2D eigenvalue weighted by Gasteiger charge is -2.03. The highest BCUT2D eigenvalue weighted by molar-refractivity contribution is 9.10. The second-order valence-corrected chi connectivity index (χ2v) is 4.38. The van der Waals surface area contributed by atoms with Crippen LogP contribution in [0.3, 0.4) is 0 Å². The molecule has 0 spiro atoms. The molecule has 0 N–H and O–H groups in total. The van der Waals surface area contributed by atoms with Crippen molar-refractivity contribution >= 4 is 22.2 Å². The van der Waals surface area contributed by atoms with Crippen molar-refractivity contribution in [3.63, 3.8) is 0 Å². The van der Waals surface area contributed by atoms with E-state index in [-0.39, 0.29) is 0 Å². The smallest absolute Gasteiger partial charge is 0.172 e. The molecular formula is C11H10BrN3O. The Hall–Kier alpha value is -1.49. The van der Waals surface area contributed by atoms with Crippen molar-refractivity contribution in [3.05, 3.63) is 45.7 Å². The molecule has 0 saturated heterocycles. The van der Waals surface area contributed by atoms with Crippen LogP contribution in [0.5, 0.6) is 0 Å². The van der Waals surface area contributed by atoms with Gasteiger partial charge in [0.15, 0.2) is 6.29 Å². The molecule has 0 aliphatic carbocycles. The topological polar surface area (TPSA) is 47.8 Å². The summed E-state index contributed by atoms with van der Waals surface area (Å²) in [5.41, 5.74) is 2.31. The molecule has 2 rings (SSSR count). The van der Waals surface area contributed by atoms with Crippen molar-refractivity contribution in [3.8, 4) is 0 Å². The molecule has 0 fully saturated rings. The number of carbonyl (C=O) groups excluding carboxylic acids is 1. The zero-order valence-electron chi connectivity index (χ0n) is 8.72. The van der Waals surface area contributed by atoms with Gasteiger partial charge in [-0.25, -0.2) is 4.68 Å². The predicted octanol–water partition coefficient (Wildman–Crippen LogP) is 2.21. The summed E-state index contributed by atoms with van der Waals surface area (Å²) in [6.45, 7) is 2.46. The van der Waals surface area contributed by atoms with Crippen molar-refractivity contribution in [2.45, 2.75) is 13.5 Å². The molecule has 1 aromatic heterocycles. The van der Waals surface area contributed by atoms with Gasteiger partial charge in [-0.2, -0.15) is 0 Å². The third-order valence-corrected chi connectivity index (χ3v) is 2.90. The summed E-state index contributed by atoms with van der Waals surface area (Å²) in [7, 11) is 0. The van der Waals surface area contributed by atoms with Crippen LogP contribution in [0.2, 0.25) is 0 Å². The molecule has 16 heavy (non-hydrogen) atoms. The number of rotatable bonds is 3. The molecule has 2 aromatic rings. The van der Waals surface area contributed by atoms with Gasteiger partial charge in [-0.15, -0.1) is 5.10 Å². The van der Waals surface area contributed by atoms with E-state index >= 15 is 0 Å². The zero-order valence-corrected chi connectivity index (χ0v) is 10.3. The molecule has 5 heteroatoms. The van der Waals surface area contributed by atoms with E-state index in [0.717, 1.165) is 22.0 Å². The van der Waals surface area contributed by atoms with Gasteiger partial charge in [0, 0.05) is 4.47 Å². The monoisotopic (exact) mass is 279 g/mol. The van der Waals surface area contributed by atoms with Crippen LogP contribution in [-0.4, -0.2) is 21.3 Å². The Morgan fingerprint density at radius 2 is 2.06 bits per heavy atom. The van der Waals surface area contributed by atoms with Crippen LogP contribution in [0.15, 0.2) is 28.7 Å². The standard InChI is InChI=1S/C11H10BrN3O/c1-8-11(7-16)13-14-15(8)6-9-2-4-10(12)5-3-9/h2-5,7H,6H2,1H3. The Balaban J connectivity index is 2.23. The van der Waals surface area contributed by atoms with Crippen LogP contribution >= 0.6 is 15.9 Å². The van der Waals surface area contributed by atoms with Crippen LogP contribution in [-0.2, 0) is 6.54 Å². The molecule has 0 radical (unpaired) electrons. The van der Waals surface area contributed by atoms with Crippen LogP contribution in [0.4, 0.5) is 0 Å². The molecule has 0 amide bonds. The molecule has 82 valence electrons. The van der Waals surface area contributed by atoms with E-state index in [1.54, 1.807) is 4.68 Å². The molecule has 0 unspecified atom stereocenters. The van der Waals surface area contributed by atoms with Crippen molar-refractivity contribution in [2.75, 3.05) is 0 Å². The summed E-state index contributed by atoms with van der Waals surface area (Å²) in [5, 5.41) is 7.71. The summed E-state index contributed by atoms with van der Waals surface area (Å²) in [5.74, 6) is 0. The first kappa shape index (κ1) is 11.0. The van der Waals surface area contributed by atoms with E-state index in [1.165, 1.54) is 0 Å². The van der Waals surface area contributed by atoms with Gasteiger partial charge in [0.2, 0.25) is 0 Å². The Morgan fingerprint density at radius 1 is 1.38 bits per heavy atom. The first-order valence-electron chi connectivity index (χ1n) is 4.80. The zero-order chi connectivity index (χ0) is 11.5. The molecule has 0 aliphatic heterocycles. The Kier molecular flexibility index (Phi) is 3.14. The maximum atomic E-state index is 10.6. The molecule has 0 atom stereocenters. The van der Waals surface area contributed by atoms with Gasteiger partial charge in [0.1, 0.15) is 5.69 Å². The molecular weight excluding hydrogens is 270 g/mol. The average molecular weight is 280 g/mol. The van der Waals surface area contributed by atoms with Crippen molar-refractivity contribution < 1.29 is 4.79 Å². The third-order valence-electron chi connectivity index (χ3n) is 2.38. The number of halogens is 1. The van der Waals surface area contributed by atoms with E-state index in [2.05, 4.69) is 26.2 Å². The molecule has 0 bridgehead atoms. The minimum atomic E-state index is 0.400. The maximum Gasteiger partial charge on any atom is 0.172 e. The third kappa shape index (κ3) is 2.19. The van der Waals surface area contributed by atoms with E-state index in [1.807, 2.05) is 31.2 Å². The summed E-state index contributed by atoms with van der Waals surface area (Å²) in [4.78, 5) is 10.6. The minimum absolute atomic E-state index is 0.400. The second-order valence-electron chi connectivity index (χ2n) is 3.46. The maximum absolute atomic E-state index is 10.6. The lowest BCUT2D eigenvalue weighted by molar-refractivity contribution is 0.111.